The molecular weight excluding hydrogens is 234 g/mol. The number of benzene rings is 1. The maximum Gasteiger partial charge on any atom is 0.226 e. The highest BCUT2D eigenvalue weighted by atomic mass is 16.2. The fourth-order valence-corrected chi connectivity index (χ4v) is 3.28. The minimum atomic E-state index is 0.310. The van der Waals surface area contributed by atoms with Crippen LogP contribution in [0, 0.1) is 5.92 Å². The molecule has 0 N–H and O–H groups in total. The maximum atomic E-state index is 12.3. The van der Waals surface area contributed by atoms with Crippen molar-refractivity contribution in [3.8, 4) is 0 Å². The Kier molecular flexibility index (Phi) is 3.58. The number of hydrogen-bond donors (Lipinski definition) is 0. The third kappa shape index (κ3) is 2.83. The Morgan fingerprint density at radius 3 is 2.74 bits per heavy atom. The molecule has 0 spiro atoms. The van der Waals surface area contributed by atoms with Crippen LogP contribution in [0.1, 0.15) is 42.9 Å². The number of hydrogen-bond acceptors (Lipinski definition) is 1. The van der Waals surface area contributed by atoms with Gasteiger partial charge in [-0.05, 0) is 54.7 Å². The van der Waals surface area contributed by atoms with Crippen LogP contribution in [0.3, 0.4) is 0 Å². The number of rotatable bonds is 2. The molecule has 1 heterocycles. The Balaban J connectivity index is 1.63. The molecule has 0 atom stereocenters. The molecule has 2 nitrogen and oxygen atoms in total. The third-order valence-electron chi connectivity index (χ3n) is 4.65. The zero-order valence-electron chi connectivity index (χ0n) is 11.8. The van der Waals surface area contributed by atoms with E-state index in [0.717, 1.165) is 31.8 Å². The molecule has 102 valence electrons. The maximum absolute atomic E-state index is 12.3. The van der Waals surface area contributed by atoms with Gasteiger partial charge in [-0.3, -0.25) is 4.79 Å². The van der Waals surface area contributed by atoms with Crippen molar-refractivity contribution in [2.75, 3.05) is 13.1 Å². The number of carbonyl (C=O) groups excluding carboxylic acids is 1. The van der Waals surface area contributed by atoms with Crippen LogP contribution in [-0.2, 0) is 24.1 Å². The standard InChI is InChI=1S/C17H23NO/c1-13-7-9-18(10-8-13)17(19)12-14-5-6-15-3-2-4-16(15)11-14/h5-6,11,13H,2-4,7-10,12H2,1H3. The van der Waals surface area contributed by atoms with E-state index in [0.29, 0.717) is 12.3 Å². The van der Waals surface area contributed by atoms with Gasteiger partial charge in [0, 0.05) is 13.1 Å². The summed E-state index contributed by atoms with van der Waals surface area (Å²) in [6, 6.07) is 6.63. The van der Waals surface area contributed by atoms with Gasteiger partial charge in [0.25, 0.3) is 0 Å². The van der Waals surface area contributed by atoms with Crippen molar-refractivity contribution in [1.82, 2.24) is 4.90 Å². The Hall–Kier alpha value is -1.31. The smallest absolute Gasteiger partial charge is 0.226 e. The molecule has 2 aliphatic rings. The Morgan fingerprint density at radius 1 is 1.21 bits per heavy atom. The van der Waals surface area contributed by atoms with Gasteiger partial charge in [-0.25, -0.2) is 0 Å². The van der Waals surface area contributed by atoms with Gasteiger partial charge in [-0.1, -0.05) is 25.1 Å². The SMILES string of the molecule is CC1CCN(C(=O)Cc2ccc3c(c2)CCC3)CC1. The summed E-state index contributed by atoms with van der Waals surface area (Å²) in [6.07, 6.45) is 6.59. The molecule has 1 amide bonds. The number of fused-ring (bicyclic) bond motifs is 1. The third-order valence-corrected chi connectivity index (χ3v) is 4.65. The first kappa shape index (κ1) is 12.7. The van der Waals surface area contributed by atoms with Crippen LogP contribution in [0.2, 0.25) is 0 Å². The summed E-state index contributed by atoms with van der Waals surface area (Å²) in [4.78, 5) is 14.3. The van der Waals surface area contributed by atoms with Crippen molar-refractivity contribution in [2.45, 2.75) is 45.4 Å². The summed E-state index contributed by atoms with van der Waals surface area (Å²) in [6.45, 7) is 4.18. The van der Waals surface area contributed by atoms with Crippen molar-refractivity contribution >= 4 is 5.91 Å². The minimum Gasteiger partial charge on any atom is -0.342 e. The predicted octanol–water partition coefficient (Wildman–Crippen LogP) is 2.98. The molecule has 1 saturated heterocycles. The average molecular weight is 257 g/mol. The Bertz CT molecular complexity index is 472. The summed E-state index contributed by atoms with van der Waals surface area (Å²) in [7, 11) is 0. The van der Waals surface area contributed by atoms with Crippen molar-refractivity contribution in [2.24, 2.45) is 5.92 Å². The van der Waals surface area contributed by atoms with Crippen LogP contribution in [0.5, 0.6) is 0 Å². The fourth-order valence-electron chi connectivity index (χ4n) is 3.28. The van der Waals surface area contributed by atoms with Crippen LogP contribution < -0.4 is 0 Å². The average Bonchev–Trinajstić information content (AvgIpc) is 2.87. The lowest BCUT2D eigenvalue weighted by atomic mass is 9.98. The second-order valence-electron chi connectivity index (χ2n) is 6.20. The van der Waals surface area contributed by atoms with Crippen LogP contribution in [-0.4, -0.2) is 23.9 Å². The van der Waals surface area contributed by atoms with Crippen LogP contribution in [0.25, 0.3) is 0 Å². The molecule has 1 aromatic rings. The molecule has 0 aromatic heterocycles. The van der Waals surface area contributed by atoms with Crippen molar-refractivity contribution in [3.05, 3.63) is 34.9 Å². The first-order valence-corrected chi connectivity index (χ1v) is 7.61. The van der Waals surface area contributed by atoms with Crippen molar-refractivity contribution in [1.29, 1.82) is 0 Å². The highest BCUT2D eigenvalue weighted by Gasteiger charge is 2.20. The lowest BCUT2D eigenvalue weighted by Crippen LogP contribution is -2.38. The van der Waals surface area contributed by atoms with Gasteiger partial charge in [0.1, 0.15) is 0 Å². The lowest BCUT2D eigenvalue weighted by Gasteiger charge is -2.30. The van der Waals surface area contributed by atoms with Gasteiger partial charge < -0.3 is 4.90 Å². The Morgan fingerprint density at radius 2 is 1.95 bits per heavy atom. The zero-order chi connectivity index (χ0) is 13.2. The zero-order valence-corrected chi connectivity index (χ0v) is 11.8. The van der Waals surface area contributed by atoms with E-state index in [1.807, 2.05) is 4.90 Å². The van der Waals surface area contributed by atoms with E-state index in [9.17, 15) is 4.79 Å². The van der Waals surface area contributed by atoms with Gasteiger partial charge in [-0.15, -0.1) is 0 Å². The molecule has 1 fully saturated rings. The molecule has 0 saturated carbocycles. The first-order chi connectivity index (χ1) is 9.22. The number of amides is 1. The highest BCUT2D eigenvalue weighted by molar-refractivity contribution is 5.79. The summed E-state index contributed by atoms with van der Waals surface area (Å²) in [5.41, 5.74) is 4.16. The quantitative estimate of drug-likeness (QED) is 0.797. The molecule has 1 aliphatic heterocycles. The molecule has 0 unspecified atom stereocenters. The topological polar surface area (TPSA) is 20.3 Å². The number of aryl methyl sites for hydroxylation is 2. The number of likely N-dealkylation sites (tertiary alicyclic amines) is 1. The molecule has 1 aliphatic carbocycles. The molecule has 1 aromatic carbocycles. The molecule has 0 radical (unpaired) electrons. The summed E-state index contributed by atoms with van der Waals surface area (Å²) in [5, 5.41) is 0. The number of carbonyl (C=O) groups is 1. The predicted molar refractivity (Wildman–Crippen MR) is 77.1 cm³/mol. The van der Waals surface area contributed by atoms with Crippen LogP contribution in [0.15, 0.2) is 18.2 Å². The highest BCUT2D eigenvalue weighted by Crippen LogP contribution is 2.23. The summed E-state index contributed by atoms with van der Waals surface area (Å²) in [5.74, 6) is 1.09. The van der Waals surface area contributed by atoms with Gasteiger partial charge in [-0.2, -0.15) is 0 Å². The summed E-state index contributed by atoms with van der Waals surface area (Å²) < 4.78 is 0. The van der Waals surface area contributed by atoms with E-state index in [1.165, 1.54) is 36.0 Å². The van der Waals surface area contributed by atoms with Crippen molar-refractivity contribution in [3.63, 3.8) is 0 Å². The van der Waals surface area contributed by atoms with Gasteiger partial charge in [0.2, 0.25) is 5.91 Å². The van der Waals surface area contributed by atoms with Gasteiger partial charge >= 0.3 is 0 Å². The van der Waals surface area contributed by atoms with Crippen molar-refractivity contribution < 1.29 is 4.79 Å². The summed E-state index contributed by atoms with van der Waals surface area (Å²) >= 11 is 0. The Labute approximate surface area is 115 Å². The molecule has 3 rings (SSSR count). The van der Waals surface area contributed by atoms with Gasteiger partial charge in [0.05, 0.1) is 6.42 Å². The molecule has 2 heteroatoms. The number of piperidine rings is 1. The van der Waals surface area contributed by atoms with E-state index >= 15 is 0 Å². The first-order valence-electron chi connectivity index (χ1n) is 7.61. The van der Waals surface area contributed by atoms with Gasteiger partial charge in [0.15, 0.2) is 0 Å². The minimum absolute atomic E-state index is 0.310. The monoisotopic (exact) mass is 257 g/mol. The number of nitrogens with zero attached hydrogens (tertiary/aromatic N) is 1. The van der Waals surface area contributed by atoms with E-state index in [4.69, 9.17) is 0 Å². The van der Waals surface area contributed by atoms with Crippen LogP contribution in [0.4, 0.5) is 0 Å². The molecular formula is C17H23NO. The van der Waals surface area contributed by atoms with E-state index in [2.05, 4.69) is 25.1 Å². The fraction of sp³-hybridized carbons (Fsp3) is 0.588. The van der Waals surface area contributed by atoms with E-state index < -0.39 is 0 Å². The molecule has 19 heavy (non-hydrogen) atoms. The van der Waals surface area contributed by atoms with E-state index in [1.54, 1.807) is 0 Å². The van der Waals surface area contributed by atoms with Crippen LogP contribution >= 0.6 is 0 Å². The molecule has 0 bridgehead atoms. The normalized spacial score (nSPS) is 19.5. The second kappa shape index (κ2) is 5.36. The largest absolute Gasteiger partial charge is 0.342 e. The van der Waals surface area contributed by atoms with E-state index in [-0.39, 0.29) is 0 Å². The lowest BCUT2D eigenvalue weighted by molar-refractivity contribution is -0.131. The second-order valence-corrected chi connectivity index (χ2v) is 6.20.